The van der Waals surface area contributed by atoms with Crippen LogP contribution in [-0.4, -0.2) is 11.0 Å². The van der Waals surface area contributed by atoms with E-state index in [0.717, 1.165) is 0 Å². The normalized spacial score (nSPS) is 9.68. The van der Waals surface area contributed by atoms with Crippen LogP contribution in [0.25, 0.3) is 0 Å². The van der Waals surface area contributed by atoms with Gasteiger partial charge in [0.05, 0.1) is 11.6 Å². The van der Waals surface area contributed by atoms with Gasteiger partial charge in [0.1, 0.15) is 5.75 Å². The van der Waals surface area contributed by atoms with E-state index in [1.807, 2.05) is 6.07 Å². The molecule has 0 aliphatic heterocycles. The molecule has 0 atom stereocenters. The number of rotatable bonds is 2. The number of nitrogens with zero attached hydrogens (tertiary/aromatic N) is 1. The van der Waals surface area contributed by atoms with Crippen LogP contribution in [-0.2, 0) is 0 Å². The summed E-state index contributed by atoms with van der Waals surface area (Å²) in [5.41, 5.74) is 1.95. The number of hydrogen-bond acceptors (Lipinski definition) is 3. The fraction of sp³-hybridized carbons (Fsp3) is 0.0667. The molecule has 2 aromatic carbocycles. The van der Waals surface area contributed by atoms with E-state index in [9.17, 15) is 9.90 Å². The minimum absolute atomic E-state index is 0.0819. The standard InChI is InChI=1S/C15H12N2O2/c1-10-13(6-3-7-14(10)18)15(19)17-12-5-2-4-11(8-12)9-16/h2-8,18H,1H3,(H,17,19). The maximum absolute atomic E-state index is 12.1. The van der Waals surface area contributed by atoms with E-state index in [1.165, 1.54) is 6.07 Å². The average Bonchev–Trinajstić information content (AvgIpc) is 2.42. The molecular formula is C15H12N2O2. The van der Waals surface area contributed by atoms with Crippen LogP contribution < -0.4 is 5.32 Å². The minimum atomic E-state index is -0.316. The highest BCUT2D eigenvalue weighted by Gasteiger charge is 2.11. The number of carbonyl (C=O) groups is 1. The molecule has 0 bridgehead atoms. The Morgan fingerprint density at radius 2 is 2.00 bits per heavy atom. The number of benzene rings is 2. The molecule has 94 valence electrons. The van der Waals surface area contributed by atoms with Crippen LogP contribution in [0, 0.1) is 18.3 Å². The van der Waals surface area contributed by atoms with E-state index < -0.39 is 0 Å². The number of hydrogen-bond donors (Lipinski definition) is 2. The topological polar surface area (TPSA) is 73.1 Å². The number of anilines is 1. The first-order chi connectivity index (χ1) is 9.11. The van der Waals surface area contributed by atoms with E-state index >= 15 is 0 Å². The zero-order valence-corrected chi connectivity index (χ0v) is 10.3. The molecule has 2 N–H and O–H groups in total. The van der Waals surface area contributed by atoms with Crippen molar-refractivity contribution in [1.82, 2.24) is 0 Å². The molecular weight excluding hydrogens is 240 g/mol. The first-order valence-corrected chi connectivity index (χ1v) is 5.72. The van der Waals surface area contributed by atoms with Gasteiger partial charge in [0.25, 0.3) is 5.91 Å². The zero-order valence-electron chi connectivity index (χ0n) is 10.3. The summed E-state index contributed by atoms with van der Waals surface area (Å²) in [7, 11) is 0. The number of phenols is 1. The van der Waals surface area contributed by atoms with Crippen molar-refractivity contribution in [1.29, 1.82) is 5.26 Å². The number of phenolic OH excluding ortho intramolecular Hbond substituents is 1. The summed E-state index contributed by atoms with van der Waals surface area (Å²) >= 11 is 0. The van der Waals surface area contributed by atoms with Gasteiger partial charge in [-0.2, -0.15) is 5.26 Å². The van der Waals surface area contributed by atoms with Crippen LogP contribution in [0.2, 0.25) is 0 Å². The molecule has 0 saturated heterocycles. The van der Waals surface area contributed by atoms with Crippen molar-refractivity contribution in [2.45, 2.75) is 6.92 Å². The average molecular weight is 252 g/mol. The lowest BCUT2D eigenvalue weighted by molar-refractivity contribution is 0.102. The SMILES string of the molecule is Cc1c(O)cccc1C(=O)Nc1cccc(C#N)c1. The van der Waals surface area contributed by atoms with Crippen LogP contribution in [0.5, 0.6) is 5.75 Å². The largest absolute Gasteiger partial charge is 0.508 e. The highest BCUT2D eigenvalue weighted by Crippen LogP contribution is 2.20. The van der Waals surface area contributed by atoms with Gasteiger partial charge in [-0.3, -0.25) is 4.79 Å². The van der Waals surface area contributed by atoms with E-state index in [0.29, 0.717) is 22.4 Å². The van der Waals surface area contributed by atoms with E-state index in [-0.39, 0.29) is 11.7 Å². The molecule has 2 aromatic rings. The zero-order chi connectivity index (χ0) is 13.8. The number of nitriles is 1. The molecule has 0 aromatic heterocycles. The second-order valence-electron chi connectivity index (χ2n) is 4.10. The Hall–Kier alpha value is -2.80. The van der Waals surface area contributed by atoms with Crippen molar-refractivity contribution < 1.29 is 9.90 Å². The first-order valence-electron chi connectivity index (χ1n) is 5.72. The lowest BCUT2D eigenvalue weighted by atomic mass is 10.1. The maximum atomic E-state index is 12.1. The molecule has 4 nitrogen and oxygen atoms in total. The Balaban J connectivity index is 2.26. The summed E-state index contributed by atoms with van der Waals surface area (Å²) < 4.78 is 0. The fourth-order valence-electron chi connectivity index (χ4n) is 1.73. The Bertz CT molecular complexity index is 672. The summed E-state index contributed by atoms with van der Waals surface area (Å²) in [6.07, 6.45) is 0. The maximum Gasteiger partial charge on any atom is 0.256 e. The number of aromatic hydroxyl groups is 1. The van der Waals surface area contributed by atoms with E-state index in [1.54, 1.807) is 43.3 Å². The molecule has 2 rings (SSSR count). The third-order valence-corrected chi connectivity index (χ3v) is 2.80. The quantitative estimate of drug-likeness (QED) is 0.863. The van der Waals surface area contributed by atoms with Gasteiger partial charge in [0.2, 0.25) is 0 Å². The fourth-order valence-corrected chi connectivity index (χ4v) is 1.73. The van der Waals surface area contributed by atoms with Crippen molar-refractivity contribution in [3.63, 3.8) is 0 Å². The van der Waals surface area contributed by atoms with Crippen LogP contribution in [0.15, 0.2) is 42.5 Å². The predicted octanol–water partition coefficient (Wildman–Crippen LogP) is 2.82. The summed E-state index contributed by atoms with van der Waals surface area (Å²) in [5, 5.41) is 21.1. The monoisotopic (exact) mass is 252 g/mol. The highest BCUT2D eigenvalue weighted by atomic mass is 16.3. The van der Waals surface area contributed by atoms with Crippen LogP contribution in [0.4, 0.5) is 5.69 Å². The second-order valence-corrected chi connectivity index (χ2v) is 4.10. The van der Waals surface area contributed by atoms with Crippen LogP contribution in [0.3, 0.4) is 0 Å². The smallest absolute Gasteiger partial charge is 0.256 e. The lowest BCUT2D eigenvalue weighted by Crippen LogP contribution is -2.13. The summed E-state index contributed by atoms with van der Waals surface area (Å²) in [6, 6.07) is 13.4. The first kappa shape index (κ1) is 12.7. The Kier molecular flexibility index (Phi) is 3.48. The van der Waals surface area contributed by atoms with Gasteiger partial charge in [-0.1, -0.05) is 12.1 Å². The molecule has 1 amide bonds. The molecule has 0 radical (unpaired) electrons. The van der Waals surface area contributed by atoms with Gasteiger partial charge in [0.15, 0.2) is 0 Å². The Morgan fingerprint density at radius 3 is 2.74 bits per heavy atom. The third kappa shape index (κ3) is 2.72. The number of amides is 1. The highest BCUT2D eigenvalue weighted by molar-refractivity contribution is 6.05. The molecule has 0 aliphatic rings. The molecule has 0 heterocycles. The molecule has 0 aliphatic carbocycles. The van der Waals surface area contributed by atoms with Gasteiger partial charge >= 0.3 is 0 Å². The van der Waals surface area contributed by atoms with Gasteiger partial charge in [0, 0.05) is 16.8 Å². The molecule has 4 heteroatoms. The summed E-state index contributed by atoms with van der Waals surface area (Å²) in [5.74, 6) is -0.234. The molecule has 0 saturated carbocycles. The van der Waals surface area contributed by atoms with Crippen molar-refractivity contribution in [2.75, 3.05) is 5.32 Å². The van der Waals surface area contributed by atoms with E-state index in [4.69, 9.17) is 5.26 Å². The predicted molar refractivity (Wildman–Crippen MR) is 72.0 cm³/mol. The van der Waals surface area contributed by atoms with Crippen LogP contribution >= 0.6 is 0 Å². The van der Waals surface area contributed by atoms with Gasteiger partial charge < -0.3 is 10.4 Å². The second kappa shape index (κ2) is 5.23. The van der Waals surface area contributed by atoms with Crippen molar-refractivity contribution in [3.05, 3.63) is 59.2 Å². The molecule has 0 fully saturated rings. The van der Waals surface area contributed by atoms with Gasteiger partial charge in [-0.15, -0.1) is 0 Å². The van der Waals surface area contributed by atoms with Crippen molar-refractivity contribution in [3.8, 4) is 11.8 Å². The molecule has 0 unspecified atom stereocenters. The van der Waals surface area contributed by atoms with E-state index in [2.05, 4.69) is 5.32 Å². The number of nitrogens with one attached hydrogen (secondary N) is 1. The Morgan fingerprint density at radius 1 is 1.26 bits per heavy atom. The van der Waals surface area contributed by atoms with Gasteiger partial charge in [-0.05, 0) is 37.3 Å². The Labute approximate surface area is 110 Å². The van der Waals surface area contributed by atoms with Crippen molar-refractivity contribution >= 4 is 11.6 Å². The van der Waals surface area contributed by atoms with Crippen molar-refractivity contribution in [2.24, 2.45) is 0 Å². The van der Waals surface area contributed by atoms with Gasteiger partial charge in [-0.25, -0.2) is 0 Å². The summed E-state index contributed by atoms with van der Waals surface area (Å²) in [6.45, 7) is 1.68. The summed E-state index contributed by atoms with van der Waals surface area (Å²) in [4.78, 5) is 12.1. The molecule has 19 heavy (non-hydrogen) atoms. The third-order valence-electron chi connectivity index (χ3n) is 2.80. The molecule has 0 spiro atoms. The van der Waals surface area contributed by atoms with Crippen LogP contribution in [0.1, 0.15) is 21.5 Å². The minimum Gasteiger partial charge on any atom is -0.508 e. The lowest BCUT2D eigenvalue weighted by Gasteiger charge is -2.08. The number of carbonyl (C=O) groups excluding carboxylic acids is 1.